The monoisotopic (exact) mass is 226 g/mol. The Hall–Kier alpha value is -1.09. The lowest BCUT2D eigenvalue weighted by atomic mass is 10.0. The molecule has 1 rings (SSSR count). The summed E-state index contributed by atoms with van der Waals surface area (Å²) in [5, 5.41) is 5.62. The molecular weight excluding hydrogens is 208 g/mol. The van der Waals surface area contributed by atoms with Crippen molar-refractivity contribution in [2.45, 2.75) is 12.0 Å². The summed E-state index contributed by atoms with van der Waals surface area (Å²) in [6, 6.07) is 0. The van der Waals surface area contributed by atoms with Crippen LogP contribution < -0.4 is 10.6 Å². The largest absolute Gasteiger partial charge is 0.378 e. The summed E-state index contributed by atoms with van der Waals surface area (Å²) in [6.45, 7) is 2.30. The van der Waals surface area contributed by atoms with Gasteiger partial charge in [-0.2, -0.15) is 0 Å². The fraction of sp³-hybridized carbons (Fsp3) is 0.727. The molecule has 1 saturated heterocycles. The molecule has 1 unspecified atom stereocenters. The Labute approximate surface area is 95.9 Å². The number of hydrogen-bond donors (Lipinski definition) is 2. The van der Waals surface area contributed by atoms with Crippen LogP contribution in [0.3, 0.4) is 0 Å². The second kappa shape index (κ2) is 6.48. The first-order chi connectivity index (χ1) is 7.72. The van der Waals surface area contributed by atoms with Crippen molar-refractivity contribution in [2.75, 3.05) is 40.0 Å². The first-order valence-electron chi connectivity index (χ1n) is 5.26. The first kappa shape index (κ1) is 13.0. The first-order valence-corrected chi connectivity index (χ1v) is 5.26. The van der Waals surface area contributed by atoms with Crippen LogP contribution in [0.15, 0.2) is 0 Å². The van der Waals surface area contributed by atoms with Gasteiger partial charge in [0.25, 0.3) is 0 Å². The van der Waals surface area contributed by atoms with Crippen LogP contribution in [0.2, 0.25) is 0 Å². The van der Waals surface area contributed by atoms with Crippen LogP contribution in [-0.4, -0.2) is 51.5 Å². The summed E-state index contributed by atoms with van der Waals surface area (Å²) < 4.78 is 10.6. The van der Waals surface area contributed by atoms with E-state index < -0.39 is 0 Å². The van der Waals surface area contributed by atoms with Crippen molar-refractivity contribution >= 4 is 5.91 Å². The summed E-state index contributed by atoms with van der Waals surface area (Å²) in [4.78, 5) is 11.4. The van der Waals surface area contributed by atoms with Crippen molar-refractivity contribution in [3.05, 3.63) is 0 Å². The number of rotatable bonds is 6. The Morgan fingerprint density at radius 3 is 3.06 bits per heavy atom. The average molecular weight is 226 g/mol. The maximum Gasteiger partial charge on any atom is 0.234 e. The van der Waals surface area contributed by atoms with Gasteiger partial charge in [0.05, 0.1) is 19.7 Å². The summed E-state index contributed by atoms with van der Waals surface area (Å²) >= 11 is 0. The molecule has 0 aromatic heterocycles. The highest BCUT2D eigenvalue weighted by Gasteiger charge is 2.35. The van der Waals surface area contributed by atoms with Crippen molar-refractivity contribution in [2.24, 2.45) is 0 Å². The number of terminal acetylenes is 1. The van der Waals surface area contributed by atoms with Gasteiger partial charge in [0.15, 0.2) is 0 Å². The van der Waals surface area contributed by atoms with Gasteiger partial charge >= 0.3 is 0 Å². The Kier molecular flexibility index (Phi) is 5.26. The second-order valence-electron chi connectivity index (χ2n) is 3.77. The summed E-state index contributed by atoms with van der Waals surface area (Å²) in [6.07, 6.45) is 5.86. The molecule has 16 heavy (non-hydrogen) atoms. The lowest BCUT2D eigenvalue weighted by Crippen LogP contribution is -2.47. The van der Waals surface area contributed by atoms with Crippen LogP contribution in [0.1, 0.15) is 6.42 Å². The van der Waals surface area contributed by atoms with Gasteiger partial charge < -0.3 is 14.8 Å². The molecule has 5 nitrogen and oxygen atoms in total. The van der Waals surface area contributed by atoms with Gasteiger partial charge in [0.1, 0.15) is 5.60 Å². The van der Waals surface area contributed by atoms with Crippen molar-refractivity contribution in [3.63, 3.8) is 0 Å². The third-order valence-corrected chi connectivity index (χ3v) is 2.62. The van der Waals surface area contributed by atoms with E-state index in [0.717, 1.165) is 6.42 Å². The topological polar surface area (TPSA) is 59.6 Å². The molecule has 1 aliphatic rings. The highest BCUT2D eigenvalue weighted by Crippen LogP contribution is 2.21. The van der Waals surface area contributed by atoms with Crippen LogP contribution in [0, 0.1) is 12.3 Å². The lowest BCUT2D eigenvalue weighted by Gasteiger charge is -2.25. The molecule has 1 aliphatic heterocycles. The zero-order chi connectivity index (χ0) is 11.9. The van der Waals surface area contributed by atoms with Gasteiger partial charge in [0, 0.05) is 26.7 Å². The fourth-order valence-electron chi connectivity index (χ4n) is 1.53. The van der Waals surface area contributed by atoms with Gasteiger partial charge in [-0.25, -0.2) is 0 Å². The maximum absolute atomic E-state index is 11.4. The molecule has 0 aromatic rings. The molecule has 0 radical (unpaired) electrons. The van der Waals surface area contributed by atoms with Crippen molar-refractivity contribution in [1.82, 2.24) is 10.6 Å². The van der Waals surface area contributed by atoms with Gasteiger partial charge in [-0.3, -0.25) is 10.1 Å². The molecule has 90 valence electrons. The minimum atomic E-state index is -0.359. The standard InChI is InChI=1S/C11H18N2O3/c1-3-5-12-7-10(14)13-8-11(15-2)4-6-16-9-11/h1,12H,4-9H2,2H3,(H,13,14). The molecule has 0 aliphatic carbocycles. The molecule has 5 heteroatoms. The van der Waals surface area contributed by atoms with Gasteiger partial charge in [-0.15, -0.1) is 6.42 Å². The number of methoxy groups -OCH3 is 1. The number of amides is 1. The highest BCUT2D eigenvalue weighted by molar-refractivity contribution is 5.78. The number of hydrogen-bond acceptors (Lipinski definition) is 4. The van der Waals surface area contributed by atoms with E-state index in [0.29, 0.717) is 26.3 Å². The Morgan fingerprint density at radius 2 is 2.50 bits per heavy atom. The Balaban J connectivity index is 2.22. The van der Waals surface area contributed by atoms with Gasteiger partial charge in [0.2, 0.25) is 5.91 Å². The minimum absolute atomic E-state index is 0.0847. The molecule has 2 N–H and O–H groups in total. The molecule has 0 spiro atoms. The lowest BCUT2D eigenvalue weighted by molar-refractivity contribution is -0.121. The molecule has 0 bridgehead atoms. The number of nitrogens with one attached hydrogen (secondary N) is 2. The normalized spacial score (nSPS) is 24.0. The van der Waals surface area contributed by atoms with E-state index in [-0.39, 0.29) is 18.1 Å². The number of carbonyl (C=O) groups is 1. The van der Waals surface area contributed by atoms with E-state index in [9.17, 15) is 4.79 Å². The second-order valence-corrected chi connectivity index (χ2v) is 3.77. The maximum atomic E-state index is 11.4. The molecule has 1 heterocycles. The third-order valence-electron chi connectivity index (χ3n) is 2.62. The number of ether oxygens (including phenoxy) is 2. The molecular formula is C11H18N2O3. The smallest absolute Gasteiger partial charge is 0.234 e. The van der Waals surface area contributed by atoms with Crippen LogP contribution >= 0.6 is 0 Å². The minimum Gasteiger partial charge on any atom is -0.378 e. The third kappa shape index (κ3) is 3.81. The summed E-state index contributed by atoms with van der Waals surface area (Å²) in [5.74, 6) is 2.32. The van der Waals surface area contributed by atoms with E-state index >= 15 is 0 Å². The molecule has 1 atom stereocenters. The van der Waals surface area contributed by atoms with Crippen LogP contribution in [0.5, 0.6) is 0 Å². The highest BCUT2D eigenvalue weighted by atomic mass is 16.5. The SMILES string of the molecule is C#CCNCC(=O)NCC1(OC)CCOC1. The van der Waals surface area contributed by atoms with E-state index in [2.05, 4.69) is 16.6 Å². The zero-order valence-corrected chi connectivity index (χ0v) is 9.54. The van der Waals surface area contributed by atoms with Gasteiger partial charge in [-0.1, -0.05) is 5.92 Å². The van der Waals surface area contributed by atoms with Crippen LogP contribution in [0.25, 0.3) is 0 Å². The van der Waals surface area contributed by atoms with E-state index in [4.69, 9.17) is 15.9 Å². The van der Waals surface area contributed by atoms with E-state index in [1.807, 2.05) is 0 Å². The molecule has 0 saturated carbocycles. The van der Waals surface area contributed by atoms with Crippen molar-refractivity contribution in [1.29, 1.82) is 0 Å². The quantitative estimate of drug-likeness (QED) is 0.456. The molecule has 0 aromatic carbocycles. The van der Waals surface area contributed by atoms with Crippen molar-refractivity contribution < 1.29 is 14.3 Å². The van der Waals surface area contributed by atoms with E-state index in [1.165, 1.54) is 0 Å². The summed E-state index contributed by atoms with van der Waals surface area (Å²) in [7, 11) is 1.64. The van der Waals surface area contributed by atoms with Gasteiger partial charge in [-0.05, 0) is 0 Å². The van der Waals surface area contributed by atoms with Crippen molar-refractivity contribution in [3.8, 4) is 12.3 Å². The average Bonchev–Trinajstić information content (AvgIpc) is 2.76. The zero-order valence-electron chi connectivity index (χ0n) is 9.54. The molecule has 1 amide bonds. The Bertz CT molecular complexity index is 267. The predicted octanol–water partition coefficient (Wildman–Crippen LogP) is -0.869. The summed E-state index contributed by atoms with van der Waals surface area (Å²) in [5.41, 5.74) is -0.359. The predicted molar refractivity (Wildman–Crippen MR) is 59.9 cm³/mol. The van der Waals surface area contributed by atoms with Crippen LogP contribution in [-0.2, 0) is 14.3 Å². The van der Waals surface area contributed by atoms with Crippen LogP contribution in [0.4, 0.5) is 0 Å². The number of carbonyl (C=O) groups excluding carboxylic acids is 1. The van der Waals surface area contributed by atoms with E-state index in [1.54, 1.807) is 7.11 Å². The fourth-order valence-corrected chi connectivity index (χ4v) is 1.53. The Morgan fingerprint density at radius 1 is 1.69 bits per heavy atom. The molecule has 1 fully saturated rings.